The Morgan fingerprint density at radius 2 is 1.52 bits per heavy atom. The van der Waals surface area contributed by atoms with E-state index in [0.717, 1.165) is 0 Å². The normalized spacial score (nSPS) is 12.4. The third-order valence-electron chi connectivity index (χ3n) is 3.64. The standard InChI is InChI=1S/C18H24BrNO5/c1-4-14(19)15(21)13-9-7-12(8-10-13)11-18(20,16(22)24-5-2)17(23)25-6-3/h7-10,14H,4-6,11,20H2,1-3H3. The van der Waals surface area contributed by atoms with Gasteiger partial charge in [0.1, 0.15) is 0 Å². The number of alkyl halides is 1. The summed E-state index contributed by atoms with van der Waals surface area (Å²) >= 11 is 3.33. The summed E-state index contributed by atoms with van der Waals surface area (Å²) in [6, 6.07) is 6.64. The smallest absolute Gasteiger partial charge is 0.338 e. The van der Waals surface area contributed by atoms with Crippen LogP contribution in [0.1, 0.15) is 43.1 Å². The number of rotatable bonds is 9. The van der Waals surface area contributed by atoms with E-state index in [0.29, 0.717) is 17.5 Å². The molecule has 0 aliphatic carbocycles. The minimum Gasteiger partial charge on any atom is -0.464 e. The lowest BCUT2D eigenvalue weighted by Crippen LogP contribution is -2.58. The van der Waals surface area contributed by atoms with Crippen molar-refractivity contribution >= 4 is 33.7 Å². The maximum atomic E-state index is 12.2. The molecular formula is C18H24BrNO5. The first-order valence-corrected chi connectivity index (χ1v) is 9.12. The van der Waals surface area contributed by atoms with E-state index in [1.54, 1.807) is 38.1 Å². The first kappa shape index (κ1) is 21.3. The van der Waals surface area contributed by atoms with Gasteiger partial charge < -0.3 is 15.2 Å². The van der Waals surface area contributed by atoms with Crippen LogP contribution in [0.5, 0.6) is 0 Å². The number of nitrogens with two attached hydrogens (primary N) is 1. The Kier molecular flexibility index (Phi) is 8.25. The van der Waals surface area contributed by atoms with Gasteiger partial charge in [0.05, 0.1) is 18.0 Å². The molecule has 0 bridgehead atoms. The van der Waals surface area contributed by atoms with Crippen LogP contribution in [0.15, 0.2) is 24.3 Å². The summed E-state index contributed by atoms with van der Waals surface area (Å²) in [5.41, 5.74) is 5.29. The van der Waals surface area contributed by atoms with E-state index in [1.165, 1.54) is 0 Å². The van der Waals surface area contributed by atoms with Gasteiger partial charge >= 0.3 is 11.9 Å². The molecular weight excluding hydrogens is 390 g/mol. The SMILES string of the molecule is CCOC(=O)C(N)(Cc1ccc(C(=O)C(Br)CC)cc1)C(=O)OCC. The third kappa shape index (κ3) is 5.37. The first-order chi connectivity index (χ1) is 11.8. The van der Waals surface area contributed by atoms with E-state index in [9.17, 15) is 14.4 Å². The first-order valence-electron chi connectivity index (χ1n) is 8.20. The average molecular weight is 414 g/mol. The molecule has 7 heteroatoms. The molecule has 0 aliphatic rings. The van der Waals surface area contributed by atoms with Gasteiger partial charge in [-0.3, -0.25) is 4.79 Å². The largest absolute Gasteiger partial charge is 0.464 e. The van der Waals surface area contributed by atoms with Gasteiger partial charge in [-0.1, -0.05) is 47.1 Å². The van der Waals surface area contributed by atoms with Crippen LogP contribution >= 0.6 is 15.9 Å². The molecule has 138 valence electrons. The molecule has 0 spiro atoms. The Labute approximate surface area is 156 Å². The van der Waals surface area contributed by atoms with Gasteiger partial charge in [-0.25, -0.2) is 9.59 Å². The molecule has 1 aromatic carbocycles. The topological polar surface area (TPSA) is 95.7 Å². The summed E-state index contributed by atoms with van der Waals surface area (Å²) in [7, 11) is 0. The Morgan fingerprint density at radius 3 is 1.92 bits per heavy atom. The second-order valence-corrected chi connectivity index (χ2v) is 6.63. The monoisotopic (exact) mass is 413 g/mol. The zero-order valence-electron chi connectivity index (χ0n) is 14.7. The highest BCUT2D eigenvalue weighted by atomic mass is 79.9. The Hall–Kier alpha value is -1.73. The van der Waals surface area contributed by atoms with Gasteiger partial charge in [-0.2, -0.15) is 0 Å². The van der Waals surface area contributed by atoms with Crippen LogP contribution in [-0.2, 0) is 25.5 Å². The number of benzene rings is 1. The summed E-state index contributed by atoms with van der Waals surface area (Å²) in [5, 5.41) is 0. The Morgan fingerprint density at radius 1 is 1.04 bits per heavy atom. The molecule has 0 saturated carbocycles. The maximum absolute atomic E-state index is 12.2. The summed E-state index contributed by atoms with van der Waals surface area (Å²) in [5.74, 6) is -1.69. The van der Waals surface area contributed by atoms with Crippen molar-refractivity contribution < 1.29 is 23.9 Å². The van der Waals surface area contributed by atoms with Gasteiger partial charge in [0, 0.05) is 12.0 Å². The zero-order valence-corrected chi connectivity index (χ0v) is 16.3. The lowest BCUT2D eigenvalue weighted by molar-refractivity contribution is -0.164. The van der Waals surface area contributed by atoms with Crippen molar-refractivity contribution in [3.05, 3.63) is 35.4 Å². The van der Waals surface area contributed by atoms with Gasteiger partial charge in [0.15, 0.2) is 5.78 Å². The molecule has 6 nitrogen and oxygen atoms in total. The summed E-state index contributed by atoms with van der Waals surface area (Å²) in [4.78, 5) is 36.3. The van der Waals surface area contributed by atoms with Crippen molar-refractivity contribution in [2.45, 2.75) is 44.0 Å². The van der Waals surface area contributed by atoms with E-state index < -0.39 is 17.5 Å². The van der Waals surface area contributed by atoms with E-state index in [1.807, 2.05) is 6.92 Å². The van der Waals surface area contributed by atoms with Crippen molar-refractivity contribution in [3.63, 3.8) is 0 Å². The van der Waals surface area contributed by atoms with Crippen LogP contribution in [0.25, 0.3) is 0 Å². The number of carbonyl (C=O) groups is 3. The fourth-order valence-corrected chi connectivity index (χ4v) is 2.49. The molecule has 0 aliphatic heterocycles. The minimum atomic E-state index is -1.92. The van der Waals surface area contributed by atoms with Crippen LogP contribution in [-0.4, -0.2) is 41.3 Å². The number of hydrogen-bond donors (Lipinski definition) is 1. The van der Waals surface area contributed by atoms with Gasteiger partial charge in [0.2, 0.25) is 5.54 Å². The van der Waals surface area contributed by atoms with Crippen LogP contribution in [0.2, 0.25) is 0 Å². The van der Waals surface area contributed by atoms with Crippen LogP contribution in [0, 0.1) is 0 Å². The molecule has 0 fully saturated rings. The van der Waals surface area contributed by atoms with Crippen LogP contribution in [0.3, 0.4) is 0 Å². The number of ketones is 1. The molecule has 2 N–H and O–H groups in total. The number of esters is 2. The number of halogens is 1. The molecule has 0 saturated heterocycles. The maximum Gasteiger partial charge on any atom is 0.338 e. The molecule has 0 amide bonds. The van der Waals surface area contributed by atoms with E-state index in [4.69, 9.17) is 15.2 Å². The van der Waals surface area contributed by atoms with Crippen molar-refractivity contribution in [2.24, 2.45) is 5.73 Å². The van der Waals surface area contributed by atoms with Crippen molar-refractivity contribution in [2.75, 3.05) is 13.2 Å². The van der Waals surface area contributed by atoms with Crippen LogP contribution in [0.4, 0.5) is 0 Å². The molecule has 1 rings (SSSR count). The van der Waals surface area contributed by atoms with Crippen molar-refractivity contribution in [3.8, 4) is 0 Å². The van der Waals surface area contributed by atoms with Gasteiger partial charge in [0.25, 0.3) is 0 Å². The second kappa shape index (κ2) is 9.68. The van der Waals surface area contributed by atoms with Crippen molar-refractivity contribution in [1.29, 1.82) is 0 Å². The van der Waals surface area contributed by atoms with E-state index in [-0.39, 0.29) is 30.2 Å². The number of Topliss-reactive ketones (excluding diaryl/α,β-unsaturated/α-hetero) is 1. The molecule has 25 heavy (non-hydrogen) atoms. The Balaban J connectivity index is 3.03. The van der Waals surface area contributed by atoms with Crippen molar-refractivity contribution in [1.82, 2.24) is 0 Å². The highest BCUT2D eigenvalue weighted by Crippen LogP contribution is 2.18. The fraction of sp³-hybridized carbons (Fsp3) is 0.500. The number of ether oxygens (including phenoxy) is 2. The summed E-state index contributed by atoms with van der Waals surface area (Å²) in [6.07, 6.45) is 0.600. The quantitative estimate of drug-likeness (QED) is 0.289. The summed E-state index contributed by atoms with van der Waals surface area (Å²) in [6.45, 7) is 5.39. The second-order valence-electron chi connectivity index (χ2n) is 5.53. The van der Waals surface area contributed by atoms with Gasteiger partial charge in [-0.05, 0) is 25.8 Å². The van der Waals surface area contributed by atoms with E-state index >= 15 is 0 Å². The highest BCUT2D eigenvalue weighted by Gasteiger charge is 2.45. The molecule has 0 heterocycles. The molecule has 0 aromatic heterocycles. The lowest BCUT2D eigenvalue weighted by Gasteiger charge is -2.25. The number of hydrogen-bond acceptors (Lipinski definition) is 6. The molecule has 0 radical (unpaired) electrons. The van der Waals surface area contributed by atoms with Crippen LogP contribution < -0.4 is 5.73 Å². The lowest BCUT2D eigenvalue weighted by atomic mass is 9.91. The zero-order chi connectivity index (χ0) is 19.0. The molecule has 1 aromatic rings. The predicted octanol–water partition coefficient (Wildman–Crippen LogP) is 2.41. The predicted molar refractivity (Wildman–Crippen MR) is 97.7 cm³/mol. The highest BCUT2D eigenvalue weighted by molar-refractivity contribution is 9.10. The molecule has 1 atom stereocenters. The third-order valence-corrected chi connectivity index (χ3v) is 4.71. The molecule has 1 unspecified atom stereocenters. The fourth-order valence-electron chi connectivity index (χ4n) is 2.22. The van der Waals surface area contributed by atoms with Gasteiger partial charge in [-0.15, -0.1) is 0 Å². The summed E-state index contributed by atoms with van der Waals surface area (Å²) < 4.78 is 9.86. The average Bonchev–Trinajstić information content (AvgIpc) is 2.61. The Bertz CT molecular complexity index is 596. The minimum absolute atomic E-state index is 0.0242. The van der Waals surface area contributed by atoms with E-state index in [2.05, 4.69) is 15.9 Å². The number of carbonyl (C=O) groups excluding carboxylic acids is 3.